The summed E-state index contributed by atoms with van der Waals surface area (Å²) in [6, 6.07) is 15.5. The first-order valence-corrected chi connectivity index (χ1v) is 9.08. The van der Waals surface area contributed by atoms with Gasteiger partial charge in [-0.05, 0) is 42.7 Å². The molecular weight excluding hydrogens is 348 g/mol. The fourth-order valence-corrected chi connectivity index (χ4v) is 3.44. The van der Waals surface area contributed by atoms with Crippen molar-refractivity contribution in [2.45, 2.75) is 19.9 Å². The smallest absolute Gasteiger partial charge is 0.270 e. The zero-order valence-corrected chi connectivity index (χ0v) is 15.8. The molecule has 136 valence electrons. The Hall–Kier alpha value is -2.30. The second-order valence-corrected chi connectivity index (χ2v) is 6.97. The number of benzene rings is 2. The molecule has 0 aliphatic heterocycles. The van der Waals surface area contributed by atoms with E-state index in [1.807, 2.05) is 67.1 Å². The molecule has 0 fully saturated rings. The minimum atomic E-state index is -0.0356. The van der Waals surface area contributed by atoms with Crippen molar-refractivity contribution < 1.29 is 9.90 Å². The molecule has 0 saturated heterocycles. The van der Waals surface area contributed by atoms with Crippen LogP contribution in [-0.4, -0.2) is 33.6 Å². The summed E-state index contributed by atoms with van der Waals surface area (Å²) in [6.45, 7) is 3.08. The van der Waals surface area contributed by atoms with E-state index in [0.29, 0.717) is 30.2 Å². The van der Waals surface area contributed by atoms with Crippen molar-refractivity contribution in [1.29, 1.82) is 0 Å². The first-order valence-electron chi connectivity index (χ1n) is 8.71. The summed E-state index contributed by atoms with van der Waals surface area (Å²) in [5.41, 5.74) is 3.88. The maximum atomic E-state index is 13.2. The fraction of sp³-hybridized carbons (Fsp3) is 0.286. The number of nitrogens with zero attached hydrogens (tertiary/aromatic N) is 2. The lowest BCUT2D eigenvalue weighted by Gasteiger charge is -2.23. The largest absolute Gasteiger partial charge is 0.396 e. The molecule has 3 rings (SSSR count). The molecule has 2 aromatic carbocycles. The Balaban J connectivity index is 1.93. The van der Waals surface area contributed by atoms with Crippen molar-refractivity contribution in [3.8, 4) is 0 Å². The molecule has 0 bridgehead atoms. The summed E-state index contributed by atoms with van der Waals surface area (Å²) in [7, 11) is 1.93. The van der Waals surface area contributed by atoms with Gasteiger partial charge in [0.1, 0.15) is 5.69 Å². The van der Waals surface area contributed by atoms with Crippen molar-refractivity contribution >= 4 is 28.4 Å². The van der Waals surface area contributed by atoms with E-state index in [1.54, 1.807) is 4.90 Å². The zero-order chi connectivity index (χ0) is 18.7. The first-order chi connectivity index (χ1) is 12.5. The second-order valence-electron chi connectivity index (χ2n) is 6.53. The maximum Gasteiger partial charge on any atom is 0.270 e. The molecule has 0 spiro atoms. The molecule has 1 amide bonds. The molecule has 0 aliphatic carbocycles. The van der Waals surface area contributed by atoms with Crippen LogP contribution in [0.1, 0.15) is 28.0 Å². The van der Waals surface area contributed by atoms with E-state index in [9.17, 15) is 9.90 Å². The summed E-state index contributed by atoms with van der Waals surface area (Å²) >= 11 is 5.95. The molecule has 5 heteroatoms. The van der Waals surface area contributed by atoms with Crippen LogP contribution in [0.3, 0.4) is 0 Å². The van der Waals surface area contributed by atoms with E-state index >= 15 is 0 Å². The molecule has 1 heterocycles. The third-order valence-corrected chi connectivity index (χ3v) is 4.89. The zero-order valence-electron chi connectivity index (χ0n) is 15.1. The summed E-state index contributed by atoms with van der Waals surface area (Å²) in [5.74, 6) is -0.0356. The maximum absolute atomic E-state index is 13.2. The van der Waals surface area contributed by atoms with Crippen LogP contribution in [0.25, 0.3) is 10.9 Å². The number of amides is 1. The molecule has 1 N–H and O–H groups in total. The summed E-state index contributed by atoms with van der Waals surface area (Å²) < 4.78 is 1.96. The van der Waals surface area contributed by atoms with E-state index in [0.717, 1.165) is 22.0 Å². The van der Waals surface area contributed by atoms with Gasteiger partial charge in [-0.2, -0.15) is 0 Å². The Morgan fingerprint density at radius 1 is 1.19 bits per heavy atom. The van der Waals surface area contributed by atoms with Gasteiger partial charge in [0.25, 0.3) is 5.91 Å². The summed E-state index contributed by atoms with van der Waals surface area (Å²) in [4.78, 5) is 15.0. The Morgan fingerprint density at radius 2 is 1.92 bits per heavy atom. The molecule has 0 atom stereocenters. The highest BCUT2D eigenvalue weighted by molar-refractivity contribution is 6.30. The molecule has 4 nitrogen and oxygen atoms in total. The van der Waals surface area contributed by atoms with Crippen LogP contribution in [0.4, 0.5) is 0 Å². The molecule has 26 heavy (non-hydrogen) atoms. The average molecular weight is 371 g/mol. The number of fused-ring (bicyclic) bond motifs is 1. The normalized spacial score (nSPS) is 11.1. The lowest BCUT2D eigenvalue weighted by atomic mass is 10.1. The number of aliphatic hydroxyl groups is 1. The van der Waals surface area contributed by atoms with Gasteiger partial charge in [-0.25, -0.2) is 0 Å². The summed E-state index contributed by atoms with van der Waals surface area (Å²) in [5, 5.41) is 10.9. The third kappa shape index (κ3) is 3.76. The highest BCUT2D eigenvalue weighted by atomic mass is 35.5. The highest BCUT2D eigenvalue weighted by Crippen LogP contribution is 2.23. The molecular formula is C21H23ClN2O2. The van der Waals surface area contributed by atoms with Gasteiger partial charge in [-0.3, -0.25) is 4.79 Å². The summed E-state index contributed by atoms with van der Waals surface area (Å²) in [6.07, 6.45) is 0.544. The standard InChI is InChI=1S/C21H23ClN2O2/c1-15-5-3-6-17-13-19(23(2)20(15)17)21(26)24(11-4-12-25)14-16-7-9-18(22)10-8-16/h3,5-10,13,25H,4,11-12,14H2,1-2H3. The Bertz CT molecular complexity index is 916. The van der Waals surface area contributed by atoms with Crippen LogP contribution >= 0.6 is 11.6 Å². The first kappa shape index (κ1) is 18.5. The minimum absolute atomic E-state index is 0.0356. The van der Waals surface area contributed by atoms with Crippen molar-refractivity contribution in [2.75, 3.05) is 13.2 Å². The SMILES string of the molecule is Cc1cccc2cc(C(=O)N(CCCO)Cc3ccc(Cl)cc3)n(C)c12. The predicted octanol–water partition coefficient (Wildman–Crippen LogP) is 4.16. The Morgan fingerprint density at radius 3 is 2.58 bits per heavy atom. The van der Waals surface area contributed by atoms with Crippen molar-refractivity contribution in [2.24, 2.45) is 7.05 Å². The van der Waals surface area contributed by atoms with Gasteiger partial charge in [0.2, 0.25) is 0 Å². The molecule has 3 aromatic rings. The molecule has 0 unspecified atom stereocenters. The predicted molar refractivity (Wildman–Crippen MR) is 106 cm³/mol. The number of carbonyl (C=O) groups excluding carboxylic acids is 1. The Labute approximate surface area is 158 Å². The van der Waals surface area contributed by atoms with Gasteiger partial charge in [0.05, 0.1) is 5.52 Å². The van der Waals surface area contributed by atoms with Crippen molar-refractivity contribution in [1.82, 2.24) is 9.47 Å². The number of rotatable bonds is 6. The van der Waals surface area contributed by atoms with Crippen LogP contribution in [0.2, 0.25) is 5.02 Å². The van der Waals surface area contributed by atoms with Gasteiger partial charge < -0.3 is 14.6 Å². The number of hydrogen-bond acceptors (Lipinski definition) is 2. The number of halogens is 1. The third-order valence-electron chi connectivity index (χ3n) is 4.64. The number of aliphatic hydroxyl groups excluding tert-OH is 1. The lowest BCUT2D eigenvalue weighted by Crippen LogP contribution is -2.33. The lowest BCUT2D eigenvalue weighted by molar-refractivity contribution is 0.0723. The number of para-hydroxylation sites is 1. The van der Waals surface area contributed by atoms with Gasteiger partial charge in [-0.15, -0.1) is 0 Å². The van der Waals surface area contributed by atoms with Gasteiger partial charge in [0.15, 0.2) is 0 Å². The van der Waals surface area contributed by atoms with Crippen LogP contribution in [0.5, 0.6) is 0 Å². The molecule has 1 aromatic heterocycles. The van der Waals surface area contributed by atoms with E-state index < -0.39 is 0 Å². The van der Waals surface area contributed by atoms with Crippen LogP contribution < -0.4 is 0 Å². The van der Waals surface area contributed by atoms with Crippen LogP contribution in [0, 0.1) is 6.92 Å². The average Bonchev–Trinajstić information content (AvgIpc) is 2.97. The Kier molecular flexibility index (Phi) is 5.64. The number of aromatic nitrogens is 1. The van der Waals surface area contributed by atoms with Crippen molar-refractivity contribution in [3.63, 3.8) is 0 Å². The second kappa shape index (κ2) is 7.94. The van der Waals surface area contributed by atoms with Crippen LogP contribution in [0.15, 0.2) is 48.5 Å². The molecule has 0 saturated carbocycles. The van der Waals surface area contributed by atoms with Crippen molar-refractivity contribution in [3.05, 3.63) is 70.4 Å². The number of aryl methyl sites for hydroxylation is 2. The van der Waals surface area contributed by atoms with E-state index in [1.165, 1.54) is 0 Å². The van der Waals surface area contributed by atoms with E-state index in [-0.39, 0.29) is 12.5 Å². The van der Waals surface area contributed by atoms with E-state index in [4.69, 9.17) is 11.6 Å². The number of carbonyl (C=O) groups is 1. The topological polar surface area (TPSA) is 45.5 Å². The monoisotopic (exact) mass is 370 g/mol. The number of hydrogen-bond donors (Lipinski definition) is 1. The van der Waals surface area contributed by atoms with E-state index in [2.05, 4.69) is 0 Å². The quantitative estimate of drug-likeness (QED) is 0.708. The molecule has 0 aliphatic rings. The van der Waals surface area contributed by atoms with Gasteiger partial charge in [-0.1, -0.05) is 41.9 Å². The van der Waals surface area contributed by atoms with Crippen LogP contribution in [-0.2, 0) is 13.6 Å². The fourth-order valence-electron chi connectivity index (χ4n) is 3.31. The van der Waals surface area contributed by atoms with Gasteiger partial charge in [0, 0.05) is 37.2 Å². The minimum Gasteiger partial charge on any atom is -0.396 e. The van der Waals surface area contributed by atoms with Gasteiger partial charge >= 0.3 is 0 Å². The highest BCUT2D eigenvalue weighted by Gasteiger charge is 2.20. The molecule has 0 radical (unpaired) electrons.